The largest absolute Gasteiger partial charge is 0.467 e. The van der Waals surface area contributed by atoms with Gasteiger partial charge in [-0.3, -0.25) is 0 Å². The summed E-state index contributed by atoms with van der Waals surface area (Å²) in [5.74, 6) is -23.0. The van der Waals surface area contributed by atoms with E-state index >= 15 is 0 Å². The molecular weight excluding hydrogens is 366 g/mol. The Bertz CT molecular complexity index is 439. The molecule has 0 amide bonds. The van der Waals surface area contributed by atoms with Crippen molar-refractivity contribution >= 4 is 0 Å². The van der Waals surface area contributed by atoms with Crippen LogP contribution < -0.4 is 0 Å². The van der Waals surface area contributed by atoms with Gasteiger partial charge in [-0.15, -0.1) is 0 Å². The van der Waals surface area contributed by atoms with E-state index in [1.54, 1.807) is 4.74 Å². The molecule has 1 unspecified atom stereocenters. The maximum Gasteiger partial charge on any atom is 0.467 e. The van der Waals surface area contributed by atoms with Gasteiger partial charge in [0.1, 0.15) is 0 Å². The summed E-state index contributed by atoms with van der Waals surface area (Å²) in [6.45, 7) is 0. The molecule has 0 spiro atoms. The van der Waals surface area contributed by atoms with Crippen LogP contribution in [0.2, 0.25) is 0 Å². The van der Waals surface area contributed by atoms with Gasteiger partial charge < -0.3 is 4.74 Å². The molecule has 0 heterocycles. The number of hydrogen-bond donors (Lipinski definition) is 0. The fourth-order valence-electron chi connectivity index (χ4n) is 0.842. The third kappa shape index (κ3) is 3.02. The zero-order chi connectivity index (χ0) is 18.4. The topological polar surface area (TPSA) is 9.23 Å². The summed E-state index contributed by atoms with van der Waals surface area (Å²) < 4.78 is 171. The highest BCUT2D eigenvalue weighted by atomic mass is 19.4. The smallest absolute Gasteiger partial charge is 0.416 e. The summed E-state index contributed by atoms with van der Waals surface area (Å²) in [6, 6.07) is -4.06. The summed E-state index contributed by atoms with van der Waals surface area (Å²) in [4.78, 5) is 0. The van der Waals surface area contributed by atoms with Crippen LogP contribution in [0.3, 0.4) is 0 Å². The lowest BCUT2D eigenvalue weighted by molar-refractivity contribution is -0.460. The summed E-state index contributed by atoms with van der Waals surface area (Å²) in [5.41, 5.74) is 0. The average molecular weight is 366 g/mol. The molecule has 0 aliphatic rings. The Labute approximate surface area is 110 Å². The molecular formula is C7F14O. The van der Waals surface area contributed by atoms with E-state index in [0.717, 1.165) is 0 Å². The van der Waals surface area contributed by atoms with Crippen LogP contribution in [0.5, 0.6) is 0 Å². The lowest BCUT2D eigenvalue weighted by Crippen LogP contribution is -2.68. The fourth-order valence-corrected chi connectivity index (χ4v) is 0.842. The maximum absolute atomic E-state index is 13.0. The Balaban J connectivity index is 6.30. The predicted molar refractivity (Wildman–Crippen MR) is 37.3 cm³/mol. The van der Waals surface area contributed by atoms with E-state index < -0.39 is 42.1 Å². The van der Waals surface area contributed by atoms with E-state index in [-0.39, 0.29) is 0 Å². The third-order valence-corrected chi connectivity index (χ3v) is 1.90. The van der Waals surface area contributed by atoms with E-state index in [4.69, 9.17) is 0 Å². The van der Waals surface area contributed by atoms with Crippen molar-refractivity contribution in [2.45, 2.75) is 30.1 Å². The first-order valence-corrected chi connectivity index (χ1v) is 4.30. The zero-order valence-corrected chi connectivity index (χ0v) is 9.20. The monoisotopic (exact) mass is 366 g/mol. The maximum atomic E-state index is 13.0. The van der Waals surface area contributed by atoms with Crippen molar-refractivity contribution in [3.05, 3.63) is 12.1 Å². The number of ether oxygens (including phenoxy) is 1. The molecule has 0 saturated heterocycles. The summed E-state index contributed by atoms with van der Waals surface area (Å²) in [5, 5.41) is 0. The van der Waals surface area contributed by atoms with Crippen LogP contribution >= 0.6 is 0 Å². The number of rotatable bonds is 4. The Hall–Kier alpha value is -1.44. The molecule has 132 valence electrons. The molecule has 0 radical (unpaired) electrons. The molecule has 22 heavy (non-hydrogen) atoms. The normalized spacial score (nSPS) is 17.0. The van der Waals surface area contributed by atoms with Gasteiger partial charge in [-0.1, -0.05) is 0 Å². The van der Waals surface area contributed by atoms with Crippen LogP contribution in [-0.2, 0) is 4.74 Å². The fraction of sp³-hybridized carbons (Fsp3) is 0.714. The van der Waals surface area contributed by atoms with E-state index in [1.807, 2.05) is 0 Å². The minimum absolute atomic E-state index is 1.75. The SMILES string of the molecule is FC(F)=C(F)OC(F)(C(F)(F)F)C(F)(F)C(F)(F)C(F)(F)F. The number of hydrogen-bond acceptors (Lipinski definition) is 1. The first-order valence-electron chi connectivity index (χ1n) is 4.30. The van der Waals surface area contributed by atoms with Crippen LogP contribution in [0, 0.1) is 0 Å². The molecule has 0 saturated carbocycles. The van der Waals surface area contributed by atoms with Gasteiger partial charge in [0.15, 0.2) is 0 Å². The highest BCUT2D eigenvalue weighted by Crippen LogP contribution is 2.58. The summed E-state index contributed by atoms with van der Waals surface area (Å²) in [7, 11) is 0. The molecule has 0 rings (SSSR count). The van der Waals surface area contributed by atoms with Crippen molar-refractivity contribution < 1.29 is 66.2 Å². The highest BCUT2D eigenvalue weighted by molar-refractivity contribution is 5.06. The van der Waals surface area contributed by atoms with Crippen LogP contribution in [0.15, 0.2) is 12.1 Å². The van der Waals surface area contributed by atoms with Gasteiger partial charge in [-0.05, 0) is 0 Å². The Kier molecular flexibility index (Phi) is 4.98. The van der Waals surface area contributed by atoms with Gasteiger partial charge in [-0.25, -0.2) is 0 Å². The van der Waals surface area contributed by atoms with E-state index in [2.05, 4.69) is 0 Å². The van der Waals surface area contributed by atoms with Gasteiger partial charge in [0.05, 0.1) is 0 Å². The summed E-state index contributed by atoms with van der Waals surface area (Å²) in [6.07, 6.45) is -18.9. The minimum atomic E-state index is -7.84. The van der Waals surface area contributed by atoms with E-state index in [1.165, 1.54) is 0 Å². The van der Waals surface area contributed by atoms with Crippen molar-refractivity contribution in [3.63, 3.8) is 0 Å². The third-order valence-electron chi connectivity index (χ3n) is 1.90. The molecule has 1 atom stereocenters. The quantitative estimate of drug-likeness (QED) is 0.497. The van der Waals surface area contributed by atoms with Crippen LogP contribution in [0.1, 0.15) is 0 Å². The molecule has 0 aliphatic carbocycles. The second-order valence-electron chi connectivity index (χ2n) is 3.38. The Morgan fingerprint density at radius 1 is 0.545 bits per heavy atom. The van der Waals surface area contributed by atoms with E-state index in [0.29, 0.717) is 0 Å². The molecule has 1 nitrogen and oxygen atoms in total. The van der Waals surface area contributed by atoms with E-state index in [9.17, 15) is 61.5 Å². The van der Waals surface area contributed by atoms with Gasteiger partial charge in [0.25, 0.3) is 0 Å². The van der Waals surface area contributed by atoms with Crippen molar-refractivity contribution in [3.8, 4) is 0 Å². The van der Waals surface area contributed by atoms with Crippen molar-refractivity contribution in [2.24, 2.45) is 0 Å². The molecule has 15 heteroatoms. The van der Waals surface area contributed by atoms with Gasteiger partial charge in [-0.2, -0.15) is 61.5 Å². The predicted octanol–water partition coefficient (Wildman–Crippen LogP) is 5.10. The summed E-state index contributed by atoms with van der Waals surface area (Å²) >= 11 is 0. The van der Waals surface area contributed by atoms with Gasteiger partial charge in [0.2, 0.25) is 0 Å². The van der Waals surface area contributed by atoms with Crippen molar-refractivity contribution in [2.75, 3.05) is 0 Å². The second-order valence-corrected chi connectivity index (χ2v) is 3.38. The lowest BCUT2D eigenvalue weighted by Gasteiger charge is -2.37. The molecule has 0 aromatic rings. The van der Waals surface area contributed by atoms with Crippen molar-refractivity contribution in [1.29, 1.82) is 0 Å². The van der Waals surface area contributed by atoms with Crippen LogP contribution in [0.25, 0.3) is 0 Å². The molecule has 0 aliphatic heterocycles. The van der Waals surface area contributed by atoms with Crippen molar-refractivity contribution in [1.82, 2.24) is 0 Å². The lowest BCUT2D eigenvalue weighted by atomic mass is 10.0. The average Bonchev–Trinajstić information content (AvgIpc) is 2.24. The molecule has 0 fully saturated rings. The zero-order valence-electron chi connectivity index (χ0n) is 9.20. The Morgan fingerprint density at radius 2 is 0.909 bits per heavy atom. The molecule has 0 bridgehead atoms. The first-order chi connectivity index (χ1) is 9.33. The molecule has 0 aromatic carbocycles. The van der Waals surface area contributed by atoms with Gasteiger partial charge >= 0.3 is 42.1 Å². The Morgan fingerprint density at radius 3 is 1.14 bits per heavy atom. The second kappa shape index (κ2) is 5.33. The minimum Gasteiger partial charge on any atom is -0.416 e. The number of halogens is 14. The van der Waals surface area contributed by atoms with Crippen LogP contribution in [-0.4, -0.2) is 30.1 Å². The number of alkyl halides is 11. The molecule has 0 aromatic heterocycles. The first kappa shape index (κ1) is 20.6. The molecule has 0 N–H and O–H groups in total. The van der Waals surface area contributed by atoms with Gasteiger partial charge in [0, 0.05) is 0 Å². The van der Waals surface area contributed by atoms with Crippen LogP contribution in [0.4, 0.5) is 61.5 Å². The highest BCUT2D eigenvalue weighted by Gasteiger charge is 2.89. The standard InChI is InChI=1S/C7F14O/c8-1(9)2(10)22-5(15,7(19,20)21)3(11,12)4(13,14)6(16,17)18.